The zero-order valence-electron chi connectivity index (χ0n) is 8.21. The number of hydrogen-bond donors (Lipinski definition) is 2. The van der Waals surface area contributed by atoms with Gasteiger partial charge in [0.05, 0.1) is 6.61 Å². The lowest BCUT2D eigenvalue weighted by Gasteiger charge is -2.08. The summed E-state index contributed by atoms with van der Waals surface area (Å²) in [5, 5.41) is 2.26. The Morgan fingerprint density at radius 1 is 1.73 bits per heavy atom. The topological polar surface area (TPSA) is 104 Å². The summed E-state index contributed by atoms with van der Waals surface area (Å²) in [7, 11) is 0. The van der Waals surface area contributed by atoms with Crippen molar-refractivity contribution in [3.63, 3.8) is 0 Å². The van der Waals surface area contributed by atoms with Crippen LogP contribution in [0.4, 0.5) is 0 Å². The van der Waals surface area contributed by atoms with Gasteiger partial charge in [0.25, 0.3) is 0 Å². The molecule has 0 bridgehead atoms. The van der Waals surface area contributed by atoms with Crippen molar-refractivity contribution in [2.75, 3.05) is 6.61 Å². The average Bonchev–Trinajstić information content (AvgIpc) is 2.66. The number of rotatable bonds is 4. The maximum atomic E-state index is 11.5. The number of thiazole rings is 1. The maximum Gasteiger partial charge on any atom is 0.338 e. The van der Waals surface area contributed by atoms with Crippen LogP contribution in [0.3, 0.4) is 0 Å². The molecule has 7 heteroatoms. The zero-order valence-corrected chi connectivity index (χ0v) is 9.03. The molecule has 0 amide bonds. The summed E-state index contributed by atoms with van der Waals surface area (Å²) < 4.78 is 4.84. The molecule has 0 saturated heterocycles. The number of nitrogens with two attached hydrogens (primary N) is 2. The van der Waals surface area contributed by atoms with Crippen LogP contribution in [0.2, 0.25) is 0 Å². The standard InChI is InChI=1S/C8H12N4O2S/c1-2-14-7(13)5(12-8(9)10)6-11-3-4-15-6/h3-5H,2H2,1H3,(H4,9,10,12). The van der Waals surface area contributed by atoms with E-state index in [0.717, 1.165) is 0 Å². The highest BCUT2D eigenvalue weighted by Crippen LogP contribution is 2.20. The van der Waals surface area contributed by atoms with Crippen LogP contribution in [0.5, 0.6) is 0 Å². The quantitative estimate of drug-likeness (QED) is 0.429. The van der Waals surface area contributed by atoms with E-state index in [2.05, 4.69) is 9.98 Å². The molecule has 0 aliphatic heterocycles. The third-order valence-electron chi connectivity index (χ3n) is 1.47. The molecule has 0 aliphatic rings. The number of aliphatic imine (C=N–C) groups is 1. The highest BCUT2D eigenvalue weighted by Gasteiger charge is 2.23. The molecule has 0 radical (unpaired) electrons. The van der Waals surface area contributed by atoms with Crippen LogP contribution >= 0.6 is 11.3 Å². The molecule has 0 fully saturated rings. The van der Waals surface area contributed by atoms with Gasteiger partial charge in [-0.2, -0.15) is 0 Å². The Kier molecular flexibility index (Phi) is 4.04. The van der Waals surface area contributed by atoms with Crippen LogP contribution < -0.4 is 11.5 Å². The van der Waals surface area contributed by atoms with Crippen molar-refractivity contribution >= 4 is 23.3 Å². The van der Waals surface area contributed by atoms with Crippen molar-refractivity contribution < 1.29 is 9.53 Å². The van der Waals surface area contributed by atoms with Gasteiger partial charge in [-0.25, -0.2) is 14.8 Å². The zero-order chi connectivity index (χ0) is 11.3. The van der Waals surface area contributed by atoms with Crippen LogP contribution in [0.15, 0.2) is 16.6 Å². The molecule has 1 aromatic rings. The lowest BCUT2D eigenvalue weighted by atomic mass is 10.3. The number of hydrogen-bond acceptors (Lipinski definition) is 5. The average molecular weight is 228 g/mol. The number of nitrogens with zero attached hydrogens (tertiary/aromatic N) is 2. The first kappa shape index (κ1) is 11.4. The Hall–Kier alpha value is -1.63. The highest BCUT2D eigenvalue weighted by atomic mass is 32.1. The smallest absolute Gasteiger partial charge is 0.338 e. The van der Waals surface area contributed by atoms with Gasteiger partial charge < -0.3 is 16.2 Å². The van der Waals surface area contributed by atoms with Crippen LogP contribution in [0, 0.1) is 0 Å². The second-order valence-corrected chi connectivity index (χ2v) is 3.51. The summed E-state index contributed by atoms with van der Waals surface area (Å²) in [6.07, 6.45) is 1.58. The Morgan fingerprint density at radius 2 is 2.47 bits per heavy atom. The molecular formula is C8H12N4O2S. The fourth-order valence-electron chi connectivity index (χ4n) is 0.949. The predicted molar refractivity (Wildman–Crippen MR) is 57.3 cm³/mol. The number of guanidine groups is 1. The Morgan fingerprint density at radius 3 is 2.93 bits per heavy atom. The van der Waals surface area contributed by atoms with E-state index in [-0.39, 0.29) is 12.6 Å². The first-order chi connectivity index (χ1) is 7.15. The number of carbonyl (C=O) groups is 1. The molecule has 0 aliphatic carbocycles. The van der Waals surface area contributed by atoms with Crippen molar-refractivity contribution in [3.8, 4) is 0 Å². The Labute approximate surface area is 91.0 Å². The minimum absolute atomic E-state index is 0.164. The molecule has 0 saturated carbocycles. The molecule has 4 N–H and O–H groups in total. The summed E-state index contributed by atoms with van der Waals surface area (Å²) in [5.41, 5.74) is 10.5. The van der Waals surface area contributed by atoms with Crippen molar-refractivity contribution in [1.29, 1.82) is 0 Å². The number of aromatic nitrogens is 1. The summed E-state index contributed by atoms with van der Waals surface area (Å²) in [5.74, 6) is -0.663. The van der Waals surface area contributed by atoms with Gasteiger partial charge in [-0.1, -0.05) is 0 Å². The fourth-order valence-corrected chi connectivity index (χ4v) is 1.61. The first-order valence-electron chi connectivity index (χ1n) is 4.30. The van der Waals surface area contributed by atoms with Crippen LogP contribution in [0.25, 0.3) is 0 Å². The molecule has 6 nitrogen and oxygen atoms in total. The molecule has 1 unspecified atom stereocenters. The monoisotopic (exact) mass is 228 g/mol. The number of esters is 1. The van der Waals surface area contributed by atoms with Gasteiger partial charge in [-0.3, -0.25) is 0 Å². The van der Waals surface area contributed by atoms with E-state index in [9.17, 15) is 4.79 Å². The molecule has 1 heterocycles. The van der Waals surface area contributed by atoms with Gasteiger partial charge >= 0.3 is 5.97 Å². The molecule has 1 aromatic heterocycles. The van der Waals surface area contributed by atoms with Crippen LogP contribution in [-0.4, -0.2) is 23.5 Å². The molecule has 82 valence electrons. The summed E-state index contributed by atoms with van der Waals surface area (Å²) in [6, 6.07) is -0.852. The highest BCUT2D eigenvalue weighted by molar-refractivity contribution is 7.09. The van der Waals surface area contributed by atoms with E-state index in [4.69, 9.17) is 16.2 Å². The van der Waals surface area contributed by atoms with Gasteiger partial charge in [0.1, 0.15) is 5.01 Å². The van der Waals surface area contributed by atoms with E-state index in [1.807, 2.05) is 0 Å². The van der Waals surface area contributed by atoms with Gasteiger partial charge in [-0.05, 0) is 6.92 Å². The van der Waals surface area contributed by atoms with Crippen molar-refractivity contribution in [2.24, 2.45) is 16.5 Å². The predicted octanol–water partition coefficient (Wildman–Crippen LogP) is 0.0207. The van der Waals surface area contributed by atoms with E-state index >= 15 is 0 Å². The number of carbonyl (C=O) groups excluding carboxylic acids is 1. The van der Waals surface area contributed by atoms with E-state index in [1.165, 1.54) is 11.3 Å². The number of ether oxygens (including phenoxy) is 1. The third kappa shape index (κ3) is 3.21. The molecule has 1 atom stereocenters. The van der Waals surface area contributed by atoms with E-state index in [1.54, 1.807) is 18.5 Å². The van der Waals surface area contributed by atoms with Crippen molar-refractivity contribution in [3.05, 3.63) is 16.6 Å². The normalized spacial score (nSPS) is 11.8. The van der Waals surface area contributed by atoms with Crippen molar-refractivity contribution in [1.82, 2.24) is 4.98 Å². The minimum atomic E-state index is -0.852. The molecule has 0 aromatic carbocycles. The second-order valence-electron chi connectivity index (χ2n) is 2.58. The van der Waals surface area contributed by atoms with Gasteiger partial charge in [0.2, 0.25) is 6.04 Å². The summed E-state index contributed by atoms with van der Waals surface area (Å²) in [6.45, 7) is 1.99. The largest absolute Gasteiger partial charge is 0.464 e. The summed E-state index contributed by atoms with van der Waals surface area (Å²) in [4.78, 5) is 19.3. The van der Waals surface area contributed by atoms with E-state index < -0.39 is 12.0 Å². The maximum absolute atomic E-state index is 11.5. The van der Waals surface area contributed by atoms with Gasteiger partial charge in [0.15, 0.2) is 5.96 Å². The van der Waals surface area contributed by atoms with Crippen LogP contribution in [0.1, 0.15) is 18.0 Å². The molecule has 0 spiro atoms. The van der Waals surface area contributed by atoms with Crippen molar-refractivity contribution in [2.45, 2.75) is 13.0 Å². The lowest BCUT2D eigenvalue weighted by molar-refractivity contribution is -0.144. The Bertz CT molecular complexity index is 346. The molecular weight excluding hydrogens is 216 g/mol. The van der Waals surface area contributed by atoms with E-state index in [0.29, 0.717) is 5.01 Å². The van der Waals surface area contributed by atoms with Gasteiger partial charge in [-0.15, -0.1) is 11.3 Å². The minimum Gasteiger partial charge on any atom is -0.464 e. The first-order valence-corrected chi connectivity index (χ1v) is 5.18. The summed E-state index contributed by atoms with van der Waals surface area (Å²) >= 11 is 1.30. The lowest BCUT2D eigenvalue weighted by Crippen LogP contribution is -2.26. The molecule has 15 heavy (non-hydrogen) atoms. The Balaban J connectivity index is 2.89. The second kappa shape index (κ2) is 5.30. The molecule has 1 rings (SSSR count). The van der Waals surface area contributed by atoms with Gasteiger partial charge in [0, 0.05) is 11.6 Å². The fraction of sp³-hybridized carbons (Fsp3) is 0.375. The third-order valence-corrected chi connectivity index (χ3v) is 2.30. The van der Waals surface area contributed by atoms with Crippen LogP contribution in [-0.2, 0) is 9.53 Å². The SMILES string of the molecule is CCOC(=O)C(N=C(N)N)c1nccs1.